The van der Waals surface area contributed by atoms with Gasteiger partial charge in [0.05, 0.1) is 12.2 Å². The Labute approximate surface area is 84.8 Å². The van der Waals surface area contributed by atoms with Gasteiger partial charge in [-0.25, -0.2) is 4.79 Å². The van der Waals surface area contributed by atoms with Crippen LogP contribution in [0.3, 0.4) is 0 Å². The Hall–Kier alpha value is -1.25. The summed E-state index contributed by atoms with van der Waals surface area (Å²) in [5, 5.41) is 3.00. The molecular weight excluding hydrogens is 178 g/mol. The highest BCUT2D eigenvalue weighted by Crippen LogP contribution is 2.13. The van der Waals surface area contributed by atoms with E-state index in [1.165, 1.54) is 0 Å². The van der Waals surface area contributed by atoms with Gasteiger partial charge in [-0.2, -0.15) is 0 Å². The zero-order valence-electron chi connectivity index (χ0n) is 8.96. The minimum Gasteiger partial charge on any atom is -0.462 e. The Morgan fingerprint density at radius 2 is 2.36 bits per heavy atom. The number of allylic oxidation sites excluding steroid dienone is 2. The van der Waals surface area contributed by atoms with Gasteiger partial charge in [0.15, 0.2) is 0 Å². The van der Waals surface area contributed by atoms with Gasteiger partial charge in [-0.1, -0.05) is 19.9 Å². The molecule has 0 radical (unpaired) electrons. The Morgan fingerprint density at radius 1 is 1.64 bits per heavy atom. The predicted octanol–water partition coefficient (Wildman–Crippen LogP) is 1.97. The number of dihydropyridines is 1. The third kappa shape index (κ3) is 2.91. The molecule has 3 nitrogen and oxygen atoms in total. The molecule has 1 aliphatic rings. The average Bonchev–Trinajstić information content (AvgIpc) is 2.15. The molecule has 3 heteroatoms. The second-order valence-corrected chi connectivity index (χ2v) is 3.85. The van der Waals surface area contributed by atoms with Gasteiger partial charge in [-0.3, -0.25) is 0 Å². The van der Waals surface area contributed by atoms with Crippen LogP contribution in [-0.4, -0.2) is 12.6 Å². The molecule has 0 bridgehead atoms. The van der Waals surface area contributed by atoms with E-state index in [1.807, 2.05) is 33.0 Å². The first kappa shape index (κ1) is 10.8. The van der Waals surface area contributed by atoms with Gasteiger partial charge >= 0.3 is 5.97 Å². The molecule has 1 aliphatic heterocycles. The number of hydrogen-bond donors (Lipinski definition) is 1. The lowest BCUT2D eigenvalue weighted by atomic mass is 10.1. The summed E-state index contributed by atoms with van der Waals surface area (Å²) in [6.45, 7) is 6.41. The first-order valence-electron chi connectivity index (χ1n) is 4.89. The number of carbonyl (C=O) groups is 1. The van der Waals surface area contributed by atoms with Gasteiger partial charge in [0.2, 0.25) is 0 Å². The van der Waals surface area contributed by atoms with Crippen molar-refractivity contribution in [1.29, 1.82) is 0 Å². The van der Waals surface area contributed by atoms with Crippen molar-refractivity contribution in [1.82, 2.24) is 5.32 Å². The molecule has 1 N–H and O–H groups in total. The van der Waals surface area contributed by atoms with Crippen molar-refractivity contribution < 1.29 is 9.53 Å². The van der Waals surface area contributed by atoms with E-state index in [0.29, 0.717) is 18.9 Å². The van der Waals surface area contributed by atoms with Crippen molar-refractivity contribution >= 4 is 5.97 Å². The maximum absolute atomic E-state index is 11.6. The van der Waals surface area contributed by atoms with Crippen molar-refractivity contribution in [3.63, 3.8) is 0 Å². The molecule has 0 amide bonds. The second-order valence-electron chi connectivity index (χ2n) is 3.85. The van der Waals surface area contributed by atoms with Crippen molar-refractivity contribution in [2.24, 2.45) is 5.92 Å². The van der Waals surface area contributed by atoms with Crippen molar-refractivity contribution in [3.8, 4) is 0 Å². The van der Waals surface area contributed by atoms with E-state index < -0.39 is 0 Å². The fraction of sp³-hybridized carbons (Fsp3) is 0.545. The highest BCUT2D eigenvalue weighted by Gasteiger charge is 2.15. The van der Waals surface area contributed by atoms with Gasteiger partial charge in [-0.05, 0) is 19.0 Å². The number of nitrogens with one attached hydrogen (secondary N) is 1. The first-order valence-corrected chi connectivity index (χ1v) is 4.89. The lowest BCUT2D eigenvalue weighted by Gasteiger charge is -2.14. The Morgan fingerprint density at radius 3 is 2.93 bits per heavy atom. The lowest BCUT2D eigenvalue weighted by molar-refractivity contribution is -0.140. The molecule has 0 aromatic carbocycles. The average molecular weight is 195 g/mol. The predicted molar refractivity (Wildman–Crippen MR) is 55.4 cm³/mol. The number of ether oxygens (including phenoxy) is 1. The van der Waals surface area contributed by atoms with E-state index in [1.54, 1.807) is 0 Å². The van der Waals surface area contributed by atoms with Gasteiger partial charge in [0.1, 0.15) is 0 Å². The third-order valence-corrected chi connectivity index (χ3v) is 1.99. The van der Waals surface area contributed by atoms with Crippen molar-refractivity contribution in [2.75, 3.05) is 6.61 Å². The molecule has 0 unspecified atom stereocenters. The standard InChI is InChI=1S/C11H17NO2/c1-8(2)7-14-11(13)10-5-4-6-12-9(10)3/h4,6,8,12H,5,7H2,1-3H3. The normalized spacial score (nSPS) is 15.7. The topological polar surface area (TPSA) is 38.3 Å². The molecule has 0 atom stereocenters. The van der Waals surface area contributed by atoms with Crippen molar-refractivity contribution in [3.05, 3.63) is 23.5 Å². The number of rotatable bonds is 3. The second kappa shape index (κ2) is 4.84. The van der Waals surface area contributed by atoms with Crippen LogP contribution in [0.2, 0.25) is 0 Å². The van der Waals surface area contributed by atoms with Gasteiger partial charge in [0, 0.05) is 12.1 Å². The summed E-state index contributed by atoms with van der Waals surface area (Å²) in [6, 6.07) is 0. The van der Waals surface area contributed by atoms with Crippen LogP contribution in [0.25, 0.3) is 0 Å². The van der Waals surface area contributed by atoms with Crippen LogP contribution < -0.4 is 5.32 Å². The van der Waals surface area contributed by atoms with E-state index in [4.69, 9.17) is 4.74 Å². The molecule has 0 aromatic heterocycles. The van der Waals surface area contributed by atoms with Crippen LogP contribution in [0.15, 0.2) is 23.5 Å². The number of carbonyl (C=O) groups excluding carboxylic acids is 1. The van der Waals surface area contributed by atoms with Gasteiger partial charge in [0.25, 0.3) is 0 Å². The van der Waals surface area contributed by atoms with E-state index in [-0.39, 0.29) is 5.97 Å². The highest BCUT2D eigenvalue weighted by atomic mass is 16.5. The smallest absolute Gasteiger partial charge is 0.336 e. The monoisotopic (exact) mass is 195 g/mol. The fourth-order valence-electron chi connectivity index (χ4n) is 1.17. The Kier molecular flexibility index (Phi) is 3.74. The summed E-state index contributed by atoms with van der Waals surface area (Å²) < 4.78 is 5.14. The first-order chi connectivity index (χ1) is 6.61. The van der Waals surface area contributed by atoms with Gasteiger partial charge in [-0.15, -0.1) is 0 Å². The van der Waals surface area contributed by atoms with E-state index >= 15 is 0 Å². The van der Waals surface area contributed by atoms with Crippen LogP contribution in [0.1, 0.15) is 27.2 Å². The lowest BCUT2D eigenvalue weighted by Crippen LogP contribution is -2.18. The van der Waals surface area contributed by atoms with Crippen LogP contribution in [0, 0.1) is 5.92 Å². The summed E-state index contributed by atoms with van der Waals surface area (Å²) in [5.41, 5.74) is 1.62. The SMILES string of the molecule is CC1=C(C(=O)OCC(C)C)CC=CN1. The molecule has 78 valence electrons. The minimum absolute atomic E-state index is 0.201. The summed E-state index contributed by atoms with van der Waals surface area (Å²) in [6.07, 6.45) is 4.42. The summed E-state index contributed by atoms with van der Waals surface area (Å²) in [7, 11) is 0. The molecule has 1 heterocycles. The highest BCUT2D eigenvalue weighted by molar-refractivity contribution is 5.89. The van der Waals surface area contributed by atoms with E-state index in [2.05, 4.69) is 5.32 Å². The summed E-state index contributed by atoms with van der Waals surface area (Å²) in [5.74, 6) is 0.181. The molecule has 0 aliphatic carbocycles. The quantitative estimate of drug-likeness (QED) is 0.700. The molecule has 0 aromatic rings. The molecule has 14 heavy (non-hydrogen) atoms. The molecule has 0 saturated carbocycles. The van der Waals surface area contributed by atoms with Crippen LogP contribution in [0.4, 0.5) is 0 Å². The Bertz CT molecular complexity index is 277. The zero-order chi connectivity index (χ0) is 10.6. The largest absolute Gasteiger partial charge is 0.462 e. The molecule has 0 fully saturated rings. The molecular formula is C11H17NO2. The minimum atomic E-state index is -0.201. The molecule has 0 spiro atoms. The Balaban J connectivity index is 2.51. The van der Waals surface area contributed by atoms with Crippen LogP contribution in [0.5, 0.6) is 0 Å². The molecule has 1 rings (SSSR count). The molecule has 0 saturated heterocycles. The van der Waals surface area contributed by atoms with Gasteiger partial charge < -0.3 is 10.1 Å². The maximum atomic E-state index is 11.6. The number of esters is 1. The summed E-state index contributed by atoms with van der Waals surface area (Å²) >= 11 is 0. The van der Waals surface area contributed by atoms with E-state index in [9.17, 15) is 4.79 Å². The summed E-state index contributed by atoms with van der Waals surface area (Å²) in [4.78, 5) is 11.6. The third-order valence-electron chi connectivity index (χ3n) is 1.99. The zero-order valence-corrected chi connectivity index (χ0v) is 8.96. The van der Waals surface area contributed by atoms with Crippen molar-refractivity contribution in [2.45, 2.75) is 27.2 Å². The maximum Gasteiger partial charge on any atom is 0.336 e. The fourth-order valence-corrected chi connectivity index (χ4v) is 1.17. The van der Waals surface area contributed by atoms with E-state index in [0.717, 1.165) is 11.3 Å². The van der Waals surface area contributed by atoms with Crippen LogP contribution >= 0.6 is 0 Å². The number of hydrogen-bond acceptors (Lipinski definition) is 3. The van der Waals surface area contributed by atoms with Crippen LogP contribution in [-0.2, 0) is 9.53 Å².